The minimum atomic E-state index is -2.15. The normalized spacial score (nSPS) is 14.1. The van der Waals surface area contributed by atoms with Gasteiger partial charge in [-0.05, 0) is 38.9 Å². The molecule has 0 aliphatic rings. The lowest BCUT2D eigenvalue weighted by Crippen LogP contribution is -2.22. The molecule has 0 bridgehead atoms. The second-order valence-corrected chi connectivity index (χ2v) is 3.82. The van der Waals surface area contributed by atoms with E-state index in [-0.39, 0.29) is 12.3 Å². The molecule has 0 saturated carbocycles. The summed E-state index contributed by atoms with van der Waals surface area (Å²) in [5.74, 6) is 0.138. The molecule has 0 spiro atoms. The Hall–Kier alpha value is -0.180. The summed E-state index contributed by atoms with van der Waals surface area (Å²) < 4.78 is 23.9. The molecule has 0 N–H and O–H groups in total. The average Bonchev–Trinajstić information content (AvgIpc) is 2.00. The second kappa shape index (κ2) is 7.25. The molecular weight excluding hydrogens is 172 g/mol. The second-order valence-electron chi connectivity index (χ2n) is 3.82. The van der Waals surface area contributed by atoms with E-state index in [1.165, 1.54) is 0 Å². The van der Waals surface area contributed by atoms with E-state index in [0.29, 0.717) is 0 Å². The van der Waals surface area contributed by atoms with Gasteiger partial charge >= 0.3 is 0 Å². The van der Waals surface area contributed by atoms with Crippen molar-refractivity contribution in [2.75, 3.05) is 20.1 Å². The molecule has 0 aliphatic heterocycles. The summed E-state index contributed by atoms with van der Waals surface area (Å²) in [6.07, 6.45) is -0.105. The van der Waals surface area contributed by atoms with Crippen LogP contribution in [0.3, 0.4) is 0 Å². The maximum absolute atomic E-state index is 11.9. The van der Waals surface area contributed by atoms with Crippen LogP contribution in [-0.4, -0.2) is 31.5 Å². The highest BCUT2D eigenvalue weighted by molar-refractivity contribution is 4.58. The average molecular weight is 193 g/mol. The van der Waals surface area contributed by atoms with E-state index in [0.717, 1.165) is 25.9 Å². The topological polar surface area (TPSA) is 3.24 Å². The first-order valence-electron chi connectivity index (χ1n) is 5.03. The number of hydrogen-bond donors (Lipinski definition) is 0. The molecule has 0 heterocycles. The van der Waals surface area contributed by atoms with Gasteiger partial charge in [-0.3, -0.25) is 0 Å². The number of halogens is 2. The number of rotatable bonds is 7. The van der Waals surface area contributed by atoms with E-state index >= 15 is 0 Å². The summed E-state index contributed by atoms with van der Waals surface area (Å²) in [6.45, 7) is 6.01. The Bertz CT molecular complexity index is 117. The monoisotopic (exact) mass is 193 g/mol. The van der Waals surface area contributed by atoms with Crippen LogP contribution in [0.25, 0.3) is 0 Å². The van der Waals surface area contributed by atoms with E-state index in [1.807, 2.05) is 14.0 Å². The summed E-state index contributed by atoms with van der Waals surface area (Å²) in [5, 5.41) is 0. The van der Waals surface area contributed by atoms with Crippen LogP contribution in [0.4, 0.5) is 8.78 Å². The van der Waals surface area contributed by atoms with Gasteiger partial charge < -0.3 is 4.90 Å². The van der Waals surface area contributed by atoms with Gasteiger partial charge in [0.05, 0.1) is 0 Å². The van der Waals surface area contributed by atoms with Gasteiger partial charge in [-0.1, -0.05) is 13.8 Å². The quantitative estimate of drug-likeness (QED) is 0.600. The Morgan fingerprint density at radius 2 is 1.85 bits per heavy atom. The largest absolute Gasteiger partial charge is 0.306 e. The summed E-state index contributed by atoms with van der Waals surface area (Å²) >= 11 is 0. The molecule has 0 aromatic heterocycles. The first-order chi connectivity index (χ1) is 6.06. The van der Waals surface area contributed by atoms with Gasteiger partial charge in [-0.25, -0.2) is 8.78 Å². The highest BCUT2D eigenvalue weighted by atomic mass is 19.3. The van der Waals surface area contributed by atoms with E-state index in [9.17, 15) is 8.78 Å². The third kappa shape index (κ3) is 8.16. The van der Waals surface area contributed by atoms with Gasteiger partial charge in [0.25, 0.3) is 0 Å². The first-order valence-corrected chi connectivity index (χ1v) is 5.03. The summed E-state index contributed by atoms with van der Waals surface area (Å²) in [5.41, 5.74) is 0. The van der Waals surface area contributed by atoms with Crippen LogP contribution >= 0.6 is 0 Å². The fraction of sp³-hybridized carbons (Fsp3) is 1.00. The minimum absolute atomic E-state index is 0.0416. The van der Waals surface area contributed by atoms with E-state index in [1.54, 1.807) is 0 Å². The highest BCUT2D eigenvalue weighted by Crippen LogP contribution is 2.13. The third-order valence-electron chi connectivity index (χ3n) is 2.19. The van der Waals surface area contributed by atoms with Gasteiger partial charge in [0, 0.05) is 6.42 Å². The lowest BCUT2D eigenvalue weighted by molar-refractivity contribution is 0.113. The zero-order valence-corrected chi connectivity index (χ0v) is 8.89. The number of alkyl halides is 2. The molecule has 80 valence electrons. The molecule has 1 unspecified atom stereocenters. The standard InChI is InChI=1S/C10H21F2N/c1-4-6-13(3)7-5-9(2)8-10(11)12/h9-10H,4-8H2,1-3H3. The molecule has 1 nitrogen and oxygen atoms in total. The van der Waals surface area contributed by atoms with E-state index < -0.39 is 6.43 Å². The predicted octanol–water partition coefficient (Wildman–Crippen LogP) is 3.01. The molecule has 0 aliphatic carbocycles. The molecule has 0 aromatic rings. The third-order valence-corrected chi connectivity index (χ3v) is 2.19. The Balaban J connectivity index is 3.40. The van der Waals surface area contributed by atoms with Crippen molar-refractivity contribution in [3.8, 4) is 0 Å². The molecule has 0 saturated heterocycles. The van der Waals surface area contributed by atoms with Crippen molar-refractivity contribution in [1.82, 2.24) is 4.90 Å². The first kappa shape index (κ1) is 12.8. The van der Waals surface area contributed by atoms with Gasteiger partial charge in [0.2, 0.25) is 6.43 Å². The van der Waals surface area contributed by atoms with Crippen LogP contribution in [0.5, 0.6) is 0 Å². The SMILES string of the molecule is CCCN(C)CCC(C)CC(F)F. The van der Waals surface area contributed by atoms with E-state index in [2.05, 4.69) is 11.8 Å². The molecule has 0 amide bonds. The minimum Gasteiger partial charge on any atom is -0.306 e. The van der Waals surface area contributed by atoms with Crippen molar-refractivity contribution >= 4 is 0 Å². The number of hydrogen-bond acceptors (Lipinski definition) is 1. The number of nitrogens with zero attached hydrogens (tertiary/aromatic N) is 1. The van der Waals surface area contributed by atoms with Gasteiger partial charge in [0.15, 0.2) is 0 Å². The summed E-state index contributed by atoms with van der Waals surface area (Å²) in [6, 6.07) is 0. The van der Waals surface area contributed by atoms with Crippen molar-refractivity contribution in [3.05, 3.63) is 0 Å². The van der Waals surface area contributed by atoms with Crippen LogP contribution in [0.1, 0.15) is 33.1 Å². The van der Waals surface area contributed by atoms with Crippen molar-refractivity contribution in [2.45, 2.75) is 39.5 Å². The van der Waals surface area contributed by atoms with Crippen LogP contribution in [0, 0.1) is 5.92 Å². The molecule has 3 heteroatoms. The maximum atomic E-state index is 11.9. The lowest BCUT2D eigenvalue weighted by Gasteiger charge is -2.18. The predicted molar refractivity (Wildman–Crippen MR) is 52.2 cm³/mol. The summed E-state index contributed by atoms with van der Waals surface area (Å²) in [7, 11) is 2.04. The van der Waals surface area contributed by atoms with Gasteiger partial charge in [-0.2, -0.15) is 0 Å². The van der Waals surface area contributed by atoms with Crippen LogP contribution < -0.4 is 0 Å². The van der Waals surface area contributed by atoms with Crippen LogP contribution in [-0.2, 0) is 0 Å². The van der Waals surface area contributed by atoms with Crippen molar-refractivity contribution in [1.29, 1.82) is 0 Å². The molecule has 0 fully saturated rings. The highest BCUT2D eigenvalue weighted by Gasteiger charge is 2.10. The molecule has 0 rings (SSSR count). The van der Waals surface area contributed by atoms with Crippen LogP contribution in [0.15, 0.2) is 0 Å². The van der Waals surface area contributed by atoms with E-state index in [4.69, 9.17) is 0 Å². The van der Waals surface area contributed by atoms with Gasteiger partial charge in [0.1, 0.15) is 0 Å². The van der Waals surface area contributed by atoms with Crippen LogP contribution in [0.2, 0.25) is 0 Å². The fourth-order valence-electron chi connectivity index (χ4n) is 1.36. The Morgan fingerprint density at radius 1 is 1.23 bits per heavy atom. The molecular formula is C10H21F2N. The van der Waals surface area contributed by atoms with Crippen molar-refractivity contribution in [2.24, 2.45) is 5.92 Å². The zero-order valence-electron chi connectivity index (χ0n) is 8.89. The lowest BCUT2D eigenvalue weighted by atomic mass is 10.0. The Morgan fingerprint density at radius 3 is 2.31 bits per heavy atom. The molecule has 13 heavy (non-hydrogen) atoms. The van der Waals surface area contributed by atoms with Crippen molar-refractivity contribution < 1.29 is 8.78 Å². The molecule has 0 aromatic carbocycles. The molecule has 0 radical (unpaired) electrons. The smallest absolute Gasteiger partial charge is 0.238 e. The summed E-state index contributed by atoms with van der Waals surface area (Å²) in [4.78, 5) is 2.20. The van der Waals surface area contributed by atoms with Crippen molar-refractivity contribution in [3.63, 3.8) is 0 Å². The Kier molecular flexibility index (Phi) is 7.14. The fourth-order valence-corrected chi connectivity index (χ4v) is 1.36. The Labute approximate surface area is 80.1 Å². The zero-order chi connectivity index (χ0) is 10.3. The molecule has 1 atom stereocenters. The maximum Gasteiger partial charge on any atom is 0.238 e. The van der Waals surface area contributed by atoms with Gasteiger partial charge in [-0.15, -0.1) is 0 Å².